The molecule has 0 bridgehead atoms. The molecule has 2 aromatic rings. The smallest absolute Gasteiger partial charge is 0.348 e. The molecule has 0 spiro atoms. The number of amides is 1. The summed E-state index contributed by atoms with van der Waals surface area (Å²) in [5.74, 6) is -0.429. The zero-order valence-electron chi connectivity index (χ0n) is 15.1. The van der Waals surface area contributed by atoms with Crippen LogP contribution >= 0.6 is 11.3 Å². The third kappa shape index (κ3) is 3.58. The van der Waals surface area contributed by atoms with Crippen LogP contribution in [0.4, 0.5) is 0 Å². The van der Waals surface area contributed by atoms with Crippen LogP contribution in [0.2, 0.25) is 0 Å². The molecule has 0 fully saturated rings. The van der Waals surface area contributed by atoms with Gasteiger partial charge in [-0.2, -0.15) is 0 Å². The minimum Gasteiger partial charge on any atom is -0.461 e. The number of carbonyl (C=O) groups is 2. The van der Waals surface area contributed by atoms with Crippen LogP contribution in [0.5, 0.6) is 0 Å². The fourth-order valence-corrected chi connectivity index (χ4v) is 3.79. The highest BCUT2D eigenvalue weighted by Gasteiger charge is 2.25. The van der Waals surface area contributed by atoms with E-state index in [0.29, 0.717) is 39.5 Å². The molecule has 2 aromatic heterocycles. The SMILES string of the molecule is CCC(C(N)=O)n1c(C)nc2sc(C(=O)OCC(C)C)c(C)c2c1=O. The molecule has 1 unspecified atom stereocenters. The van der Waals surface area contributed by atoms with Crippen molar-refractivity contribution in [3.63, 3.8) is 0 Å². The first-order valence-corrected chi connectivity index (χ1v) is 8.99. The molecular weight excluding hydrogens is 342 g/mol. The quantitative estimate of drug-likeness (QED) is 0.791. The number of nitrogens with two attached hydrogens (primary N) is 1. The molecule has 0 aliphatic rings. The predicted octanol–water partition coefficient (Wildman–Crippen LogP) is 2.32. The van der Waals surface area contributed by atoms with E-state index in [0.717, 1.165) is 11.3 Å². The molecule has 8 heteroatoms. The zero-order chi connectivity index (χ0) is 18.9. The van der Waals surface area contributed by atoms with Gasteiger partial charge in [0.1, 0.15) is 21.6 Å². The average molecular weight is 365 g/mol. The Labute approximate surface area is 149 Å². The van der Waals surface area contributed by atoms with Crippen LogP contribution in [0.1, 0.15) is 54.3 Å². The standard InChI is InChI=1S/C17H23N3O4S/c1-6-11(14(18)21)20-10(5)19-15-12(16(20)22)9(4)13(25-15)17(23)24-7-8(2)3/h8,11H,6-7H2,1-5H3,(H2,18,21). The lowest BCUT2D eigenvalue weighted by Gasteiger charge is -2.17. The Morgan fingerprint density at radius 1 is 1.32 bits per heavy atom. The summed E-state index contributed by atoms with van der Waals surface area (Å²) in [4.78, 5) is 42.2. The first-order valence-electron chi connectivity index (χ1n) is 8.17. The van der Waals surface area contributed by atoms with Crippen LogP contribution in [0.3, 0.4) is 0 Å². The van der Waals surface area contributed by atoms with Crippen molar-refractivity contribution in [2.24, 2.45) is 11.7 Å². The van der Waals surface area contributed by atoms with Crippen LogP contribution in [0, 0.1) is 19.8 Å². The Morgan fingerprint density at radius 2 is 1.96 bits per heavy atom. The molecule has 1 atom stereocenters. The summed E-state index contributed by atoms with van der Waals surface area (Å²) < 4.78 is 6.58. The van der Waals surface area contributed by atoms with Crippen LogP contribution in [-0.2, 0) is 9.53 Å². The molecule has 2 N–H and O–H groups in total. The van der Waals surface area contributed by atoms with Crippen molar-refractivity contribution < 1.29 is 14.3 Å². The molecule has 0 saturated carbocycles. The summed E-state index contributed by atoms with van der Waals surface area (Å²) >= 11 is 1.13. The maximum Gasteiger partial charge on any atom is 0.348 e. The molecule has 1 amide bonds. The fraction of sp³-hybridized carbons (Fsp3) is 0.529. The number of hydrogen-bond acceptors (Lipinski definition) is 6. The second-order valence-electron chi connectivity index (χ2n) is 6.39. The molecule has 0 aromatic carbocycles. The maximum absolute atomic E-state index is 12.9. The van der Waals surface area contributed by atoms with Gasteiger partial charge in [-0.05, 0) is 31.7 Å². The normalized spacial score (nSPS) is 12.6. The Hall–Kier alpha value is -2.22. The first-order chi connectivity index (χ1) is 11.7. The van der Waals surface area contributed by atoms with E-state index in [1.54, 1.807) is 20.8 Å². The van der Waals surface area contributed by atoms with Crippen LogP contribution in [-0.4, -0.2) is 28.0 Å². The Kier molecular flexibility index (Phi) is 5.62. The Bertz CT molecular complexity index is 882. The van der Waals surface area contributed by atoms with Crippen LogP contribution in [0.25, 0.3) is 10.2 Å². The van der Waals surface area contributed by atoms with Crippen molar-refractivity contribution >= 4 is 33.4 Å². The van der Waals surface area contributed by atoms with Crippen molar-refractivity contribution in [3.8, 4) is 0 Å². The number of primary amides is 1. The van der Waals surface area contributed by atoms with Crippen LogP contribution < -0.4 is 11.3 Å². The maximum atomic E-state index is 12.9. The van der Waals surface area contributed by atoms with Gasteiger partial charge < -0.3 is 10.5 Å². The number of rotatable bonds is 6. The second-order valence-corrected chi connectivity index (χ2v) is 7.39. The van der Waals surface area contributed by atoms with Gasteiger partial charge >= 0.3 is 5.97 Å². The predicted molar refractivity (Wildman–Crippen MR) is 97.0 cm³/mol. The molecular formula is C17H23N3O4S. The molecule has 2 heterocycles. The van der Waals surface area contributed by atoms with Gasteiger partial charge in [-0.25, -0.2) is 9.78 Å². The number of ether oxygens (including phenoxy) is 1. The molecule has 0 aliphatic heterocycles. The minimum absolute atomic E-state index is 0.220. The van der Waals surface area contributed by atoms with E-state index >= 15 is 0 Å². The van der Waals surface area contributed by atoms with Gasteiger partial charge in [-0.3, -0.25) is 14.2 Å². The van der Waals surface area contributed by atoms with Gasteiger partial charge in [0.25, 0.3) is 5.56 Å². The molecule has 0 radical (unpaired) electrons. The van der Waals surface area contributed by atoms with E-state index in [1.807, 2.05) is 13.8 Å². The summed E-state index contributed by atoms with van der Waals surface area (Å²) in [6.07, 6.45) is 0.385. The van der Waals surface area contributed by atoms with Gasteiger partial charge in [-0.1, -0.05) is 20.8 Å². The third-order valence-electron chi connectivity index (χ3n) is 3.93. The highest BCUT2D eigenvalue weighted by atomic mass is 32.1. The van der Waals surface area contributed by atoms with Crippen LogP contribution in [0.15, 0.2) is 4.79 Å². The number of aryl methyl sites for hydroxylation is 2. The number of thiophene rings is 1. The minimum atomic E-state index is -0.764. The van der Waals surface area contributed by atoms with Gasteiger partial charge in [0.2, 0.25) is 5.91 Å². The molecule has 0 aliphatic carbocycles. The largest absolute Gasteiger partial charge is 0.461 e. The lowest BCUT2D eigenvalue weighted by molar-refractivity contribution is -0.121. The Balaban J connectivity index is 2.62. The first kappa shape index (κ1) is 19.1. The molecule has 0 saturated heterocycles. The molecule has 25 heavy (non-hydrogen) atoms. The van der Waals surface area contributed by atoms with Crippen molar-refractivity contribution in [3.05, 3.63) is 26.6 Å². The summed E-state index contributed by atoms with van der Waals surface area (Å²) in [7, 11) is 0. The molecule has 2 rings (SSSR count). The zero-order valence-corrected chi connectivity index (χ0v) is 15.9. The van der Waals surface area contributed by atoms with E-state index in [1.165, 1.54) is 4.57 Å². The van der Waals surface area contributed by atoms with Gasteiger partial charge in [-0.15, -0.1) is 11.3 Å². The van der Waals surface area contributed by atoms with Gasteiger partial charge in [0.15, 0.2) is 0 Å². The lowest BCUT2D eigenvalue weighted by Crippen LogP contribution is -2.35. The van der Waals surface area contributed by atoms with E-state index in [2.05, 4.69) is 4.98 Å². The van der Waals surface area contributed by atoms with Gasteiger partial charge in [0.05, 0.1) is 12.0 Å². The highest BCUT2D eigenvalue weighted by molar-refractivity contribution is 7.20. The topological polar surface area (TPSA) is 104 Å². The molecule has 136 valence electrons. The fourth-order valence-electron chi connectivity index (χ4n) is 2.68. The number of esters is 1. The third-order valence-corrected chi connectivity index (χ3v) is 5.10. The highest BCUT2D eigenvalue weighted by Crippen LogP contribution is 2.29. The summed E-state index contributed by atoms with van der Waals surface area (Å²) in [6, 6.07) is -0.764. The average Bonchev–Trinajstić information content (AvgIpc) is 2.85. The number of hydrogen-bond donors (Lipinski definition) is 1. The number of nitrogens with zero attached hydrogens (tertiary/aromatic N) is 2. The lowest BCUT2D eigenvalue weighted by atomic mass is 10.1. The van der Waals surface area contributed by atoms with Crippen molar-refractivity contribution in [1.82, 2.24) is 9.55 Å². The van der Waals surface area contributed by atoms with E-state index in [-0.39, 0.29) is 11.5 Å². The number of fused-ring (bicyclic) bond motifs is 1. The monoisotopic (exact) mass is 365 g/mol. The summed E-state index contributed by atoms with van der Waals surface area (Å²) in [5, 5.41) is 0.340. The molecule has 7 nitrogen and oxygen atoms in total. The number of aromatic nitrogens is 2. The van der Waals surface area contributed by atoms with E-state index in [4.69, 9.17) is 10.5 Å². The van der Waals surface area contributed by atoms with E-state index < -0.39 is 17.9 Å². The number of carbonyl (C=O) groups excluding carboxylic acids is 2. The van der Waals surface area contributed by atoms with Gasteiger partial charge in [0, 0.05) is 0 Å². The van der Waals surface area contributed by atoms with Crippen molar-refractivity contribution in [2.45, 2.75) is 47.1 Å². The second kappa shape index (κ2) is 7.35. The summed E-state index contributed by atoms with van der Waals surface area (Å²) in [6.45, 7) is 9.33. The summed E-state index contributed by atoms with van der Waals surface area (Å²) in [5.41, 5.74) is 5.59. The van der Waals surface area contributed by atoms with E-state index in [9.17, 15) is 14.4 Å². The Morgan fingerprint density at radius 3 is 2.48 bits per heavy atom. The van der Waals surface area contributed by atoms with Crippen molar-refractivity contribution in [1.29, 1.82) is 0 Å². The van der Waals surface area contributed by atoms with Crippen molar-refractivity contribution in [2.75, 3.05) is 6.61 Å².